The Labute approximate surface area is 105 Å². The third-order valence-corrected chi connectivity index (χ3v) is 4.07. The van der Waals surface area contributed by atoms with E-state index in [-0.39, 0.29) is 0 Å². The Morgan fingerprint density at radius 3 is 2.47 bits per heavy atom. The third-order valence-electron chi connectivity index (χ3n) is 4.07. The molecule has 0 bridgehead atoms. The average Bonchev–Trinajstić information content (AvgIpc) is 3.14. The number of hydrogen-bond acceptors (Lipinski definition) is 2. The summed E-state index contributed by atoms with van der Waals surface area (Å²) in [5, 5.41) is 3.29. The molecule has 3 heteroatoms. The van der Waals surface area contributed by atoms with Crippen LogP contribution in [0.25, 0.3) is 0 Å². The van der Waals surface area contributed by atoms with Crippen LogP contribution < -0.4 is 5.32 Å². The SMILES string of the molecule is CCCC1CCN(C(=O)CNCC2CC2)CC1. The smallest absolute Gasteiger partial charge is 0.236 e. The van der Waals surface area contributed by atoms with Gasteiger partial charge in [0.25, 0.3) is 0 Å². The van der Waals surface area contributed by atoms with Gasteiger partial charge in [-0.1, -0.05) is 19.8 Å². The van der Waals surface area contributed by atoms with Crippen LogP contribution in [0.15, 0.2) is 0 Å². The first-order valence-electron chi connectivity index (χ1n) is 7.28. The van der Waals surface area contributed by atoms with Gasteiger partial charge in [-0.05, 0) is 44.1 Å². The molecule has 1 heterocycles. The van der Waals surface area contributed by atoms with Crippen molar-refractivity contribution in [1.82, 2.24) is 10.2 Å². The number of nitrogens with zero attached hydrogens (tertiary/aromatic N) is 1. The molecule has 0 aromatic carbocycles. The Kier molecular flexibility index (Phi) is 4.84. The standard InChI is InChI=1S/C14H26N2O/c1-2-3-12-6-8-16(9-7-12)14(17)11-15-10-13-4-5-13/h12-13,15H,2-11H2,1H3. The first kappa shape index (κ1) is 12.9. The molecule has 1 saturated heterocycles. The highest BCUT2D eigenvalue weighted by atomic mass is 16.2. The van der Waals surface area contributed by atoms with Gasteiger partial charge < -0.3 is 10.2 Å². The van der Waals surface area contributed by atoms with Gasteiger partial charge in [0.1, 0.15) is 0 Å². The number of piperidine rings is 1. The monoisotopic (exact) mass is 238 g/mol. The van der Waals surface area contributed by atoms with E-state index in [0.717, 1.165) is 31.5 Å². The largest absolute Gasteiger partial charge is 0.342 e. The molecule has 1 N–H and O–H groups in total. The highest BCUT2D eigenvalue weighted by molar-refractivity contribution is 5.78. The minimum atomic E-state index is 0.306. The van der Waals surface area contributed by atoms with Gasteiger partial charge in [-0.25, -0.2) is 0 Å². The molecule has 0 aromatic rings. The van der Waals surface area contributed by atoms with Gasteiger partial charge in [-0.3, -0.25) is 4.79 Å². The Hall–Kier alpha value is -0.570. The first-order valence-corrected chi connectivity index (χ1v) is 7.28. The molecule has 1 aliphatic carbocycles. The Morgan fingerprint density at radius 1 is 1.18 bits per heavy atom. The van der Waals surface area contributed by atoms with Crippen molar-refractivity contribution in [2.75, 3.05) is 26.2 Å². The van der Waals surface area contributed by atoms with Crippen LogP contribution in [0.4, 0.5) is 0 Å². The van der Waals surface area contributed by atoms with E-state index in [4.69, 9.17) is 0 Å². The fourth-order valence-electron chi connectivity index (χ4n) is 2.70. The zero-order valence-electron chi connectivity index (χ0n) is 11.1. The summed E-state index contributed by atoms with van der Waals surface area (Å²) in [6, 6.07) is 0. The van der Waals surface area contributed by atoms with Gasteiger partial charge in [0, 0.05) is 13.1 Å². The highest BCUT2D eigenvalue weighted by Gasteiger charge is 2.23. The van der Waals surface area contributed by atoms with E-state index in [0.29, 0.717) is 12.5 Å². The van der Waals surface area contributed by atoms with Crippen LogP contribution in [-0.4, -0.2) is 37.0 Å². The van der Waals surface area contributed by atoms with Crippen LogP contribution in [0.5, 0.6) is 0 Å². The van der Waals surface area contributed by atoms with Crippen molar-refractivity contribution >= 4 is 5.91 Å². The van der Waals surface area contributed by atoms with Gasteiger partial charge in [0.15, 0.2) is 0 Å². The number of carbonyl (C=O) groups excluding carboxylic acids is 1. The van der Waals surface area contributed by atoms with Crippen molar-refractivity contribution in [1.29, 1.82) is 0 Å². The van der Waals surface area contributed by atoms with E-state index in [1.165, 1.54) is 38.5 Å². The molecule has 1 amide bonds. The lowest BCUT2D eigenvalue weighted by Crippen LogP contribution is -2.43. The maximum Gasteiger partial charge on any atom is 0.236 e. The van der Waals surface area contributed by atoms with E-state index in [1.807, 2.05) is 4.90 Å². The van der Waals surface area contributed by atoms with Crippen molar-refractivity contribution in [3.05, 3.63) is 0 Å². The van der Waals surface area contributed by atoms with E-state index in [1.54, 1.807) is 0 Å². The van der Waals surface area contributed by atoms with Crippen molar-refractivity contribution in [3.8, 4) is 0 Å². The summed E-state index contributed by atoms with van der Waals surface area (Å²) < 4.78 is 0. The zero-order valence-corrected chi connectivity index (χ0v) is 11.1. The van der Waals surface area contributed by atoms with Gasteiger partial charge in [0.05, 0.1) is 6.54 Å². The summed E-state index contributed by atoms with van der Waals surface area (Å²) in [7, 11) is 0. The predicted molar refractivity (Wildman–Crippen MR) is 69.8 cm³/mol. The number of carbonyl (C=O) groups is 1. The van der Waals surface area contributed by atoms with Gasteiger partial charge in [-0.2, -0.15) is 0 Å². The molecule has 0 aromatic heterocycles. The Bertz CT molecular complexity index is 243. The van der Waals surface area contributed by atoms with Crippen molar-refractivity contribution in [3.63, 3.8) is 0 Å². The molecule has 2 fully saturated rings. The minimum absolute atomic E-state index is 0.306. The molecular formula is C14H26N2O. The molecule has 3 nitrogen and oxygen atoms in total. The summed E-state index contributed by atoms with van der Waals surface area (Å²) >= 11 is 0. The Morgan fingerprint density at radius 2 is 1.88 bits per heavy atom. The number of likely N-dealkylation sites (tertiary alicyclic amines) is 1. The lowest BCUT2D eigenvalue weighted by Gasteiger charge is -2.32. The summed E-state index contributed by atoms with van der Waals surface area (Å²) in [5.41, 5.74) is 0. The second-order valence-electron chi connectivity index (χ2n) is 5.69. The molecule has 1 aliphatic heterocycles. The van der Waals surface area contributed by atoms with Crippen LogP contribution in [0.2, 0.25) is 0 Å². The fraction of sp³-hybridized carbons (Fsp3) is 0.929. The summed E-state index contributed by atoms with van der Waals surface area (Å²) in [6.45, 7) is 5.80. The van der Waals surface area contributed by atoms with E-state index in [2.05, 4.69) is 12.2 Å². The van der Waals surface area contributed by atoms with E-state index in [9.17, 15) is 4.79 Å². The third kappa shape index (κ3) is 4.30. The van der Waals surface area contributed by atoms with Crippen LogP contribution in [0.3, 0.4) is 0 Å². The topological polar surface area (TPSA) is 32.3 Å². The second kappa shape index (κ2) is 6.39. The van der Waals surface area contributed by atoms with Gasteiger partial charge in [-0.15, -0.1) is 0 Å². The van der Waals surface area contributed by atoms with Crippen molar-refractivity contribution in [2.45, 2.75) is 45.4 Å². The molecule has 17 heavy (non-hydrogen) atoms. The van der Waals surface area contributed by atoms with Crippen molar-refractivity contribution in [2.24, 2.45) is 11.8 Å². The molecule has 2 aliphatic rings. The molecule has 1 saturated carbocycles. The normalized spacial score (nSPS) is 21.8. The molecule has 0 spiro atoms. The van der Waals surface area contributed by atoms with Gasteiger partial charge >= 0.3 is 0 Å². The molecule has 0 unspecified atom stereocenters. The lowest BCUT2D eigenvalue weighted by molar-refractivity contribution is -0.131. The molecule has 0 atom stereocenters. The molecule has 2 rings (SSSR count). The maximum atomic E-state index is 11.9. The Balaban J connectivity index is 1.59. The molecule has 98 valence electrons. The summed E-state index contributed by atoms with van der Waals surface area (Å²) in [4.78, 5) is 14.0. The number of nitrogens with one attached hydrogen (secondary N) is 1. The summed E-state index contributed by atoms with van der Waals surface area (Å²) in [6.07, 6.45) is 7.74. The van der Waals surface area contributed by atoms with E-state index >= 15 is 0 Å². The number of rotatable bonds is 6. The quantitative estimate of drug-likeness (QED) is 0.768. The summed E-state index contributed by atoms with van der Waals surface area (Å²) in [5.74, 6) is 2.03. The van der Waals surface area contributed by atoms with Crippen LogP contribution in [0, 0.1) is 11.8 Å². The number of amides is 1. The maximum absolute atomic E-state index is 11.9. The fourth-order valence-corrected chi connectivity index (χ4v) is 2.70. The lowest BCUT2D eigenvalue weighted by atomic mass is 9.92. The van der Waals surface area contributed by atoms with Crippen LogP contribution >= 0.6 is 0 Å². The van der Waals surface area contributed by atoms with Crippen LogP contribution in [-0.2, 0) is 4.79 Å². The van der Waals surface area contributed by atoms with E-state index < -0.39 is 0 Å². The van der Waals surface area contributed by atoms with Crippen LogP contribution in [0.1, 0.15) is 45.4 Å². The first-order chi connectivity index (χ1) is 8.29. The van der Waals surface area contributed by atoms with Gasteiger partial charge in [0.2, 0.25) is 5.91 Å². The predicted octanol–water partition coefficient (Wildman–Crippen LogP) is 2.02. The van der Waals surface area contributed by atoms with Crippen molar-refractivity contribution < 1.29 is 4.79 Å². The molecular weight excluding hydrogens is 212 g/mol. The minimum Gasteiger partial charge on any atom is -0.342 e. The second-order valence-corrected chi connectivity index (χ2v) is 5.69. The molecule has 0 radical (unpaired) electrons. The zero-order chi connectivity index (χ0) is 12.1. The average molecular weight is 238 g/mol. The number of hydrogen-bond donors (Lipinski definition) is 1. The highest BCUT2D eigenvalue weighted by Crippen LogP contribution is 2.27.